The van der Waals surface area contributed by atoms with Crippen LogP contribution in [-0.4, -0.2) is 45.2 Å². The number of hydrogen-bond acceptors (Lipinski definition) is 7. The van der Waals surface area contributed by atoms with Gasteiger partial charge < -0.3 is 14.1 Å². The van der Waals surface area contributed by atoms with Gasteiger partial charge in [0, 0.05) is 37.1 Å². The highest BCUT2D eigenvalue weighted by molar-refractivity contribution is 7.98. The van der Waals surface area contributed by atoms with Gasteiger partial charge in [-0.05, 0) is 72.5 Å². The molecule has 5 rings (SSSR count). The van der Waals surface area contributed by atoms with Crippen molar-refractivity contribution < 1.29 is 23.1 Å². The summed E-state index contributed by atoms with van der Waals surface area (Å²) in [6.45, 7) is 4.13. The number of rotatable bonds is 11. The molecule has 0 fully saturated rings. The molecule has 0 atom stereocenters. The topological polar surface area (TPSA) is 88.8 Å². The maximum Gasteiger partial charge on any atom is 0.229 e. The number of fused-ring (bicyclic) bond motifs is 1. The fraction of sp³-hybridized carbons (Fsp3) is 0.212. The van der Waals surface area contributed by atoms with Gasteiger partial charge in [0.1, 0.15) is 36.0 Å². The number of benzene rings is 3. The summed E-state index contributed by atoms with van der Waals surface area (Å²) in [4.78, 5) is 37.2. The number of furan rings is 1. The number of hydrogen-bond donors (Lipinski definition) is 0. The molecule has 2 aromatic heterocycles. The quantitative estimate of drug-likeness (QED) is 0.148. The first-order valence-corrected chi connectivity index (χ1v) is 15.6. The lowest BCUT2D eigenvalue weighted by Crippen LogP contribution is -2.30. The second-order valence-corrected chi connectivity index (χ2v) is 11.4. The van der Waals surface area contributed by atoms with E-state index in [1.807, 2.05) is 36.6 Å². The van der Waals surface area contributed by atoms with Crippen LogP contribution in [0.25, 0.3) is 22.2 Å². The molecule has 0 N–H and O–H groups in total. The van der Waals surface area contributed by atoms with Crippen LogP contribution in [0.1, 0.15) is 25.2 Å². The van der Waals surface area contributed by atoms with Crippen LogP contribution in [0.15, 0.2) is 83.5 Å². The van der Waals surface area contributed by atoms with Crippen molar-refractivity contribution in [1.82, 2.24) is 14.9 Å². The summed E-state index contributed by atoms with van der Waals surface area (Å²) in [5.41, 5.74) is 2.55. The number of amides is 2. The van der Waals surface area contributed by atoms with Crippen molar-refractivity contribution in [3.8, 4) is 17.1 Å². The van der Waals surface area contributed by atoms with E-state index in [1.54, 1.807) is 53.9 Å². The van der Waals surface area contributed by atoms with E-state index in [-0.39, 0.29) is 29.3 Å². The van der Waals surface area contributed by atoms with Gasteiger partial charge in [-0.1, -0.05) is 23.7 Å². The fourth-order valence-corrected chi connectivity index (χ4v) is 5.35. The Bertz CT molecular complexity index is 1810. The number of anilines is 2. The average Bonchev–Trinajstić information content (AvgIpc) is 3.47. The summed E-state index contributed by atoms with van der Waals surface area (Å²) < 4.78 is 25.5. The van der Waals surface area contributed by atoms with E-state index in [1.165, 1.54) is 30.3 Å². The molecule has 0 aliphatic rings. The Morgan fingerprint density at radius 2 is 1.84 bits per heavy atom. The first kappa shape index (κ1) is 31.0. The third-order valence-corrected chi connectivity index (χ3v) is 7.79. The molecule has 0 saturated carbocycles. The molecular weight excluding hydrogens is 603 g/mol. The van der Waals surface area contributed by atoms with E-state index in [0.29, 0.717) is 58.3 Å². The molecule has 2 amide bonds. The largest absolute Gasteiger partial charge is 0.487 e. The fourth-order valence-electron chi connectivity index (χ4n) is 4.72. The Hall–Kier alpha value is -4.41. The lowest BCUT2D eigenvalue weighted by atomic mass is 10.1. The van der Waals surface area contributed by atoms with Crippen LogP contribution < -0.4 is 9.64 Å². The molecule has 8 nitrogen and oxygen atoms in total. The summed E-state index contributed by atoms with van der Waals surface area (Å²) in [5.74, 6) is 2.24. The summed E-state index contributed by atoms with van der Waals surface area (Å²) in [6, 6.07) is 20.4. The smallest absolute Gasteiger partial charge is 0.229 e. The number of halogens is 2. The van der Waals surface area contributed by atoms with Gasteiger partial charge in [-0.15, -0.1) is 0 Å². The minimum absolute atomic E-state index is 0.0138. The highest BCUT2D eigenvalue weighted by atomic mass is 35.5. The van der Waals surface area contributed by atoms with Crippen molar-refractivity contribution in [3.05, 3.63) is 101 Å². The number of carbonyl (C=O) groups is 2. The second kappa shape index (κ2) is 13.9. The van der Waals surface area contributed by atoms with Crippen molar-refractivity contribution in [3.63, 3.8) is 0 Å². The molecule has 5 aromatic rings. The zero-order valence-electron chi connectivity index (χ0n) is 24.4. The second-order valence-electron chi connectivity index (χ2n) is 10.0. The van der Waals surface area contributed by atoms with Crippen LogP contribution in [0.2, 0.25) is 5.02 Å². The van der Waals surface area contributed by atoms with Crippen LogP contribution >= 0.6 is 23.4 Å². The molecule has 0 radical (unpaired) electrons. The molecule has 11 heteroatoms. The van der Waals surface area contributed by atoms with Gasteiger partial charge in [-0.2, -0.15) is 11.8 Å². The van der Waals surface area contributed by atoms with Gasteiger partial charge in [-0.3, -0.25) is 14.5 Å². The molecule has 0 saturated heterocycles. The third-order valence-electron chi connectivity index (χ3n) is 6.90. The maximum absolute atomic E-state index is 13.5. The highest BCUT2D eigenvalue weighted by Gasteiger charge is 2.21. The monoisotopic (exact) mass is 632 g/mol. The van der Waals surface area contributed by atoms with Crippen LogP contribution in [0.3, 0.4) is 0 Å². The normalized spacial score (nSPS) is 11.0. The lowest BCUT2D eigenvalue weighted by molar-refractivity contribution is -0.129. The molecule has 3 aromatic carbocycles. The molecule has 0 bridgehead atoms. The van der Waals surface area contributed by atoms with Crippen LogP contribution in [0, 0.1) is 5.82 Å². The molecule has 0 aliphatic carbocycles. The Kier molecular flexibility index (Phi) is 9.82. The van der Waals surface area contributed by atoms with Gasteiger partial charge in [0.2, 0.25) is 11.8 Å². The zero-order valence-corrected chi connectivity index (χ0v) is 26.0. The molecule has 0 spiro atoms. The molecule has 44 heavy (non-hydrogen) atoms. The van der Waals surface area contributed by atoms with Crippen LogP contribution in [-0.2, 0) is 22.7 Å². The van der Waals surface area contributed by atoms with E-state index >= 15 is 0 Å². The number of nitrogens with zero attached hydrogens (tertiary/aromatic N) is 4. The maximum atomic E-state index is 13.5. The average molecular weight is 633 g/mol. The molecule has 0 aliphatic heterocycles. The van der Waals surface area contributed by atoms with Gasteiger partial charge >= 0.3 is 0 Å². The van der Waals surface area contributed by atoms with Gasteiger partial charge in [0.05, 0.1) is 22.8 Å². The van der Waals surface area contributed by atoms with Crippen molar-refractivity contribution in [2.24, 2.45) is 0 Å². The molecule has 226 valence electrons. The minimum atomic E-state index is -0.348. The number of thioether (sulfide) groups is 1. The molecule has 2 heterocycles. The summed E-state index contributed by atoms with van der Waals surface area (Å²) in [5, 5.41) is 0.912. The molecule has 0 unspecified atom stereocenters. The Labute approximate surface area is 263 Å². The van der Waals surface area contributed by atoms with Crippen molar-refractivity contribution in [2.45, 2.75) is 27.0 Å². The van der Waals surface area contributed by atoms with Crippen molar-refractivity contribution >= 4 is 57.6 Å². The first-order valence-electron chi connectivity index (χ1n) is 13.8. The van der Waals surface area contributed by atoms with Crippen LogP contribution in [0.4, 0.5) is 15.9 Å². The zero-order chi connectivity index (χ0) is 31.2. The van der Waals surface area contributed by atoms with Crippen molar-refractivity contribution in [2.75, 3.05) is 23.5 Å². The predicted octanol–water partition coefficient (Wildman–Crippen LogP) is 7.66. The minimum Gasteiger partial charge on any atom is -0.487 e. The predicted molar refractivity (Wildman–Crippen MR) is 172 cm³/mol. The van der Waals surface area contributed by atoms with E-state index in [2.05, 4.69) is 9.97 Å². The van der Waals surface area contributed by atoms with Crippen molar-refractivity contribution in [1.29, 1.82) is 0 Å². The Balaban J connectivity index is 1.43. The van der Waals surface area contributed by atoms with Gasteiger partial charge in [-0.25, -0.2) is 14.4 Å². The molecular formula is C33H30ClFN4O4S. The van der Waals surface area contributed by atoms with Crippen LogP contribution in [0.5, 0.6) is 5.75 Å². The van der Waals surface area contributed by atoms with E-state index in [0.717, 1.165) is 11.3 Å². The summed E-state index contributed by atoms with van der Waals surface area (Å²) in [6.07, 6.45) is 3.41. The number of carbonyl (C=O) groups excluding carboxylic acids is 2. The van der Waals surface area contributed by atoms with Gasteiger partial charge in [0.15, 0.2) is 5.82 Å². The lowest BCUT2D eigenvalue weighted by Gasteiger charge is -2.22. The number of aromatic nitrogens is 2. The standard InChI is InChI=1S/C33H30ClFN4O4S/c1-21(40)38(13-14-44-3)18-27-9-12-31(43-27)24-7-10-30-28(16-24)33(37-20-36-30)39(22(2)41)26-8-11-32(29(34)17-26)42-19-23-5-4-6-25(35)15-23/h4-12,15-17,20H,13-14,18-19H2,1-3H3. The van der Waals surface area contributed by atoms with E-state index < -0.39 is 0 Å². The van der Waals surface area contributed by atoms with E-state index in [4.69, 9.17) is 20.8 Å². The summed E-state index contributed by atoms with van der Waals surface area (Å²) in [7, 11) is 0. The highest BCUT2D eigenvalue weighted by Crippen LogP contribution is 2.36. The third kappa shape index (κ3) is 7.20. The van der Waals surface area contributed by atoms with Gasteiger partial charge in [0.25, 0.3) is 0 Å². The number of ether oxygens (including phenoxy) is 1. The first-order chi connectivity index (χ1) is 21.2. The SMILES string of the molecule is CSCCN(Cc1ccc(-c2ccc3ncnc(N(C(C)=O)c4ccc(OCc5cccc(F)c5)c(Cl)c4)c3c2)o1)C(C)=O. The summed E-state index contributed by atoms with van der Waals surface area (Å²) >= 11 is 8.24. The Morgan fingerprint density at radius 1 is 1.00 bits per heavy atom. The van der Waals surface area contributed by atoms with E-state index in [9.17, 15) is 14.0 Å². The Morgan fingerprint density at radius 3 is 2.57 bits per heavy atom.